The first-order valence-electron chi connectivity index (χ1n) is 10.9. The van der Waals surface area contributed by atoms with E-state index in [1.165, 1.54) is 5.56 Å². The molecule has 1 heterocycles. The first-order chi connectivity index (χ1) is 16.0. The van der Waals surface area contributed by atoms with Gasteiger partial charge in [0, 0.05) is 30.4 Å². The Kier molecular flexibility index (Phi) is 6.81. The quantitative estimate of drug-likeness (QED) is 0.473. The Bertz CT molecular complexity index is 1270. The van der Waals surface area contributed by atoms with E-state index in [1.807, 2.05) is 37.3 Å². The zero-order valence-corrected chi connectivity index (χ0v) is 19.9. The largest absolute Gasteiger partial charge is 0.496 e. The van der Waals surface area contributed by atoms with Gasteiger partial charge in [0.15, 0.2) is 0 Å². The topological polar surface area (TPSA) is 68.2 Å². The van der Waals surface area contributed by atoms with E-state index in [0.29, 0.717) is 18.8 Å². The Morgan fingerprint density at radius 3 is 2.36 bits per heavy atom. The highest BCUT2D eigenvalue weighted by Crippen LogP contribution is 2.32. The summed E-state index contributed by atoms with van der Waals surface area (Å²) < 4.78 is 38.9. The van der Waals surface area contributed by atoms with E-state index in [1.54, 1.807) is 49.0 Å². The van der Waals surface area contributed by atoms with E-state index in [0.717, 1.165) is 41.0 Å². The van der Waals surface area contributed by atoms with Crippen LogP contribution in [-0.2, 0) is 29.4 Å². The van der Waals surface area contributed by atoms with Gasteiger partial charge >= 0.3 is 0 Å². The number of hydrogen-bond acceptors (Lipinski definition) is 5. The maximum atomic E-state index is 13.2. The van der Waals surface area contributed by atoms with E-state index >= 15 is 0 Å². The number of sulfonamides is 1. The summed E-state index contributed by atoms with van der Waals surface area (Å²) in [6.07, 6.45) is 3.21. The van der Waals surface area contributed by atoms with Crippen LogP contribution in [0.5, 0.6) is 11.5 Å². The molecule has 3 aromatic rings. The van der Waals surface area contributed by atoms with Crippen LogP contribution in [0.1, 0.15) is 29.2 Å². The molecule has 0 aliphatic carbocycles. The zero-order chi connectivity index (χ0) is 23.4. The molecule has 0 aromatic heterocycles. The third-order valence-corrected chi connectivity index (χ3v) is 7.81. The second-order valence-corrected chi connectivity index (χ2v) is 9.77. The number of methoxy groups -OCH3 is 2. The average Bonchev–Trinajstić information content (AvgIpc) is 2.86. The maximum absolute atomic E-state index is 13.2. The molecule has 4 rings (SSSR count). The van der Waals surface area contributed by atoms with Gasteiger partial charge in [-0.3, -0.25) is 4.99 Å². The predicted octanol–water partition coefficient (Wildman–Crippen LogP) is 4.76. The second kappa shape index (κ2) is 9.77. The third-order valence-electron chi connectivity index (χ3n) is 5.95. The lowest BCUT2D eigenvalue weighted by molar-refractivity contribution is 0.386. The molecule has 0 amide bonds. The molecule has 0 unspecified atom stereocenters. The van der Waals surface area contributed by atoms with Crippen LogP contribution in [-0.4, -0.2) is 39.7 Å². The first-order valence-corrected chi connectivity index (χ1v) is 12.4. The van der Waals surface area contributed by atoms with Crippen molar-refractivity contribution in [3.05, 3.63) is 82.9 Å². The van der Waals surface area contributed by atoms with Crippen LogP contribution in [0.4, 0.5) is 5.69 Å². The van der Waals surface area contributed by atoms with E-state index in [9.17, 15) is 8.42 Å². The minimum Gasteiger partial charge on any atom is -0.496 e. The van der Waals surface area contributed by atoms with Gasteiger partial charge in [-0.1, -0.05) is 31.2 Å². The summed E-state index contributed by atoms with van der Waals surface area (Å²) in [7, 11) is -0.301. The van der Waals surface area contributed by atoms with Gasteiger partial charge in [-0.25, -0.2) is 8.42 Å². The molecule has 0 saturated carbocycles. The molecule has 0 saturated heterocycles. The van der Waals surface area contributed by atoms with E-state index in [-0.39, 0.29) is 4.90 Å². The van der Waals surface area contributed by atoms with Crippen LogP contribution in [0.3, 0.4) is 0 Å². The first kappa shape index (κ1) is 23.0. The van der Waals surface area contributed by atoms with Crippen LogP contribution < -0.4 is 9.47 Å². The van der Waals surface area contributed by atoms with Crippen molar-refractivity contribution in [1.29, 1.82) is 0 Å². The smallest absolute Gasteiger partial charge is 0.243 e. The molecule has 33 heavy (non-hydrogen) atoms. The lowest BCUT2D eigenvalue weighted by atomic mass is 10.0. The monoisotopic (exact) mass is 464 g/mol. The standard InChI is InChI=1S/C26H28N2O4S/c1-4-24-25(31-2)14-9-20(26(24)32-3)17-27-22-10-12-23(13-11-22)33(29,30)28-16-15-19-7-5-6-8-21(19)18-28/h5-14,17H,4,15-16,18H2,1-3H3. The fourth-order valence-corrected chi connectivity index (χ4v) is 5.59. The molecular formula is C26H28N2O4S. The number of aliphatic imine (C=N–C) groups is 1. The molecule has 3 aromatic carbocycles. The molecule has 0 fully saturated rings. The lowest BCUT2D eigenvalue weighted by Gasteiger charge is -2.28. The molecule has 7 heteroatoms. The molecule has 1 aliphatic rings. The van der Waals surface area contributed by atoms with Crippen LogP contribution in [0, 0.1) is 0 Å². The summed E-state index contributed by atoms with van der Waals surface area (Å²) in [5.41, 5.74) is 4.75. The number of ether oxygens (including phenoxy) is 2. The van der Waals surface area contributed by atoms with Gasteiger partial charge in [0.05, 0.1) is 24.8 Å². The normalized spacial score (nSPS) is 14.3. The van der Waals surface area contributed by atoms with Crippen LogP contribution in [0.25, 0.3) is 0 Å². The van der Waals surface area contributed by atoms with Crippen molar-refractivity contribution in [3.8, 4) is 11.5 Å². The van der Waals surface area contributed by atoms with Crippen LogP contribution >= 0.6 is 0 Å². The molecule has 172 valence electrons. The Morgan fingerprint density at radius 2 is 1.70 bits per heavy atom. The molecule has 6 nitrogen and oxygen atoms in total. The van der Waals surface area contributed by atoms with Crippen molar-refractivity contribution in [2.24, 2.45) is 4.99 Å². The highest BCUT2D eigenvalue weighted by Gasteiger charge is 2.28. The number of rotatable bonds is 7. The summed E-state index contributed by atoms with van der Waals surface area (Å²) in [6, 6.07) is 18.5. The number of fused-ring (bicyclic) bond motifs is 1. The van der Waals surface area contributed by atoms with Crippen LogP contribution in [0.15, 0.2) is 70.6 Å². The Hall–Kier alpha value is -3.16. The van der Waals surface area contributed by atoms with E-state index in [4.69, 9.17) is 9.47 Å². The average molecular weight is 465 g/mol. The van der Waals surface area contributed by atoms with Crippen molar-refractivity contribution in [2.75, 3.05) is 20.8 Å². The Morgan fingerprint density at radius 1 is 0.970 bits per heavy atom. The van der Waals surface area contributed by atoms with Crippen molar-refractivity contribution in [1.82, 2.24) is 4.31 Å². The van der Waals surface area contributed by atoms with Gasteiger partial charge in [0.25, 0.3) is 0 Å². The highest BCUT2D eigenvalue weighted by molar-refractivity contribution is 7.89. The maximum Gasteiger partial charge on any atom is 0.243 e. The summed E-state index contributed by atoms with van der Waals surface area (Å²) in [5.74, 6) is 1.51. The SMILES string of the molecule is CCc1c(OC)ccc(C=Nc2ccc(S(=O)(=O)N3CCc4ccccc4C3)cc2)c1OC. The molecule has 0 atom stereocenters. The van der Waals surface area contributed by atoms with Gasteiger partial charge in [-0.2, -0.15) is 4.31 Å². The fourth-order valence-electron chi connectivity index (χ4n) is 4.17. The third kappa shape index (κ3) is 4.65. The second-order valence-electron chi connectivity index (χ2n) is 7.83. The van der Waals surface area contributed by atoms with Crippen molar-refractivity contribution >= 4 is 21.9 Å². The van der Waals surface area contributed by atoms with Gasteiger partial charge in [0.2, 0.25) is 10.0 Å². The van der Waals surface area contributed by atoms with E-state index < -0.39 is 10.0 Å². The van der Waals surface area contributed by atoms with Crippen molar-refractivity contribution < 1.29 is 17.9 Å². The van der Waals surface area contributed by atoms with Crippen molar-refractivity contribution in [2.45, 2.75) is 31.2 Å². The van der Waals surface area contributed by atoms with Gasteiger partial charge in [-0.15, -0.1) is 0 Å². The molecular weight excluding hydrogens is 436 g/mol. The van der Waals surface area contributed by atoms with Crippen molar-refractivity contribution in [3.63, 3.8) is 0 Å². The molecule has 0 N–H and O–H groups in total. The molecule has 0 spiro atoms. The summed E-state index contributed by atoms with van der Waals surface area (Å²) in [5, 5.41) is 0. The minimum atomic E-state index is -3.57. The minimum absolute atomic E-state index is 0.274. The summed E-state index contributed by atoms with van der Waals surface area (Å²) in [6.45, 7) is 2.92. The highest BCUT2D eigenvalue weighted by atomic mass is 32.2. The number of hydrogen-bond donors (Lipinski definition) is 0. The van der Waals surface area contributed by atoms with Gasteiger partial charge < -0.3 is 9.47 Å². The predicted molar refractivity (Wildman–Crippen MR) is 130 cm³/mol. The Balaban J connectivity index is 1.54. The summed E-state index contributed by atoms with van der Waals surface area (Å²) in [4.78, 5) is 4.80. The van der Waals surface area contributed by atoms with E-state index in [2.05, 4.69) is 11.1 Å². The lowest BCUT2D eigenvalue weighted by Crippen LogP contribution is -2.35. The number of nitrogens with zero attached hydrogens (tertiary/aromatic N) is 2. The molecule has 0 radical (unpaired) electrons. The Labute approximate surface area is 195 Å². The van der Waals surface area contributed by atoms with Gasteiger partial charge in [-0.05, 0) is 60.4 Å². The van der Waals surface area contributed by atoms with Crippen LogP contribution in [0.2, 0.25) is 0 Å². The molecule has 1 aliphatic heterocycles. The summed E-state index contributed by atoms with van der Waals surface area (Å²) >= 11 is 0. The zero-order valence-electron chi connectivity index (χ0n) is 19.1. The number of benzene rings is 3. The molecule has 0 bridgehead atoms. The van der Waals surface area contributed by atoms with Gasteiger partial charge in [0.1, 0.15) is 11.5 Å². The fraction of sp³-hybridized carbons (Fsp3) is 0.269.